The fourth-order valence-electron chi connectivity index (χ4n) is 3.34. The van der Waals surface area contributed by atoms with Gasteiger partial charge in [-0.15, -0.1) is 0 Å². The minimum absolute atomic E-state index is 0.0388. The zero-order chi connectivity index (χ0) is 14.6. The lowest BCUT2D eigenvalue weighted by molar-refractivity contribution is -0.158. The maximum Gasteiger partial charge on any atom is 0.246 e. The first-order chi connectivity index (χ1) is 9.65. The third-order valence-electron chi connectivity index (χ3n) is 4.46. The smallest absolute Gasteiger partial charge is 0.246 e. The van der Waals surface area contributed by atoms with Gasteiger partial charge in [-0.3, -0.25) is 9.59 Å². The first kappa shape index (κ1) is 15.3. The monoisotopic (exact) mass is 282 g/mol. The molecule has 5 nitrogen and oxygen atoms in total. The summed E-state index contributed by atoms with van der Waals surface area (Å²) in [7, 11) is 0. The van der Waals surface area contributed by atoms with E-state index in [1.807, 2.05) is 11.8 Å². The van der Waals surface area contributed by atoms with Crippen molar-refractivity contribution in [3.63, 3.8) is 0 Å². The second-order valence-corrected chi connectivity index (χ2v) is 5.78. The Labute approximate surface area is 121 Å². The summed E-state index contributed by atoms with van der Waals surface area (Å²) >= 11 is 0. The number of nitrogens with one attached hydrogen (secondary N) is 1. The molecule has 1 atom stereocenters. The predicted octanol–water partition coefficient (Wildman–Crippen LogP) is 1.46. The molecule has 0 aromatic heterocycles. The maximum atomic E-state index is 12.6. The molecule has 0 aromatic carbocycles. The minimum atomic E-state index is -0.599. The Morgan fingerprint density at radius 3 is 2.55 bits per heavy atom. The van der Waals surface area contributed by atoms with Gasteiger partial charge in [0.25, 0.3) is 0 Å². The predicted molar refractivity (Wildman–Crippen MR) is 76.2 cm³/mol. The molecule has 1 saturated carbocycles. The lowest BCUT2D eigenvalue weighted by Gasteiger charge is -2.46. The van der Waals surface area contributed by atoms with Crippen LogP contribution < -0.4 is 5.32 Å². The van der Waals surface area contributed by atoms with E-state index in [0.29, 0.717) is 26.2 Å². The summed E-state index contributed by atoms with van der Waals surface area (Å²) in [6, 6.07) is -0.361. The first-order valence-corrected chi connectivity index (χ1v) is 7.86. The average Bonchev–Trinajstić information content (AvgIpc) is 2.93. The fourth-order valence-corrected chi connectivity index (χ4v) is 3.34. The minimum Gasteiger partial charge on any atom is -0.380 e. The Morgan fingerprint density at radius 1 is 1.25 bits per heavy atom. The number of nitrogens with zero attached hydrogens (tertiary/aromatic N) is 1. The Kier molecular flexibility index (Phi) is 5.02. The van der Waals surface area contributed by atoms with Crippen LogP contribution in [-0.4, -0.2) is 48.1 Å². The van der Waals surface area contributed by atoms with Crippen molar-refractivity contribution in [2.75, 3.05) is 19.8 Å². The average molecular weight is 282 g/mol. The topological polar surface area (TPSA) is 58.6 Å². The third-order valence-corrected chi connectivity index (χ3v) is 4.46. The summed E-state index contributed by atoms with van der Waals surface area (Å²) in [5.41, 5.74) is -0.599. The van der Waals surface area contributed by atoms with Gasteiger partial charge in [0.1, 0.15) is 11.6 Å². The van der Waals surface area contributed by atoms with Gasteiger partial charge in [-0.1, -0.05) is 26.7 Å². The van der Waals surface area contributed by atoms with Crippen LogP contribution in [0, 0.1) is 0 Å². The van der Waals surface area contributed by atoms with Crippen molar-refractivity contribution in [1.82, 2.24) is 10.2 Å². The number of rotatable bonds is 6. The van der Waals surface area contributed by atoms with E-state index in [4.69, 9.17) is 4.74 Å². The van der Waals surface area contributed by atoms with Gasteiger partial charge in [-0.2, -0.15) is 0 Å². The molecular formula is C15H26N2O3. The first-order valence-electron chi connectivity index (χ1n) is 7.86. The van der Waals surface area contributed by atoms with Gasteiger partial charge >= 0.3 is 0 Å². The van der Waals surface area contributed by atoms with Crippen molar-refractivity contribution >= 4 is 11.8 Å². The van der Waals surface area contributed by atoms with Crippen LogP contribution in [0.5, 0.6) is 0 Å². The molecule has 2 rings (SSSR count). The Bertz CT molecular complexity index is 364. The van der Waals surface area contributed by atoms with E-state index in [1.54, 1.807) is 0 Å². The molecule has 2 aliphatic rings. The molecule has 1 unspecified atom stereocenters. The van der Waals surface area contributed by atoms with Crippen molar-refractivity contribution in [1.29, 1.82) is 0 Å². The number of hydrogen-bond acceptors (Lipinski definition) is 3. The summed E-state index contributed by atoms with van der Waals surface area (Å²) in [6.45, 7) is 5.75. The molecule has 1 spiro atoms. The van der Waals surface area contributed by atoms with Crippen LogP contribution in [0.3, 0.4) is 0 Å². The molecule has 1 aliphatic heterocycles. The molecule has 1 heterocycles. The second-order valence-electron chi connectivity index (χ2n) is 5.78. The van der Waals surface area contributed by atoms with Gasteiger partial charge in [0.2, 0.25) is 11.8 Å². The quantitative estimate of drug-likeness (QED) is 0.750. The van der Waals surface area contributed by atoms with Gasteiger partial charge in [-0.05, 0) is 25.7 Å². The molecule has 2 amide bonds. The van der Waals surface area contributed by atoms with E-state index in [9.17, 15) is 9.59 Å². The second kappa shape index (κ2) is 6.57. The summed E-state index contributed by atoms with van der Waals surface area (Å²) in [5.74, 6) is 0.103. The zero-order valence-corrected chi connectivity index (χ0v) is 12.6. The molecule has 1 N–H and O–H groups in total. The van der Waals surface area contributed by atoms with Crippen LogP contribution in [0.1, 0.15) is 52.4 Å². The Morgan fingerprint density at radius 2 is 1.95 bits per heavy atom. The van der Waals surface area contributed by atoms with Gasteiger partial charge < -0.3 is 15.0 Å². The maximum absolute atomic E-state index is 12.6. The SMILES string of the molecule is CCCOCCN1C(=O)C(CC)NC(=O)C12CCCC2. The number of piperazine rings is 1. The van der Waals surface area contributed by atoms with Crippen molar-refractivity contribution in [3.05, 3.63) is 0 Å². The highest BCUT2D eigenvalue weighted by atomic mass is 16.5. The normalized spacial score (nSPS) is 25.3. The summed E-state index contributed by atoms with van der Waals surface area (Å²) in [5, 5.41) is 2.91. The third kappa shape index (κ3) is 2.68. The van der Waals surface area contributed by atoms with Crippen LogP contribution in [0.15, 0.2) is 0 Å². The molecule has 114 valence electrons. The van der Waals surface area contributed by atoms with Crippen LogP contribution >= 0.6 is 0 Å². The standard InChI is InChI=1S/C15H26N2O3/c1-3-10-20-11-9-17-13(18)12(4-2)16-14(19)15(17)7-5-6-8-15/h12H,3-11H2,1-2H3,(H,16,19). The van der Waals surface area contributed by atoms with Crippen LogP contribution in [-0.2, 0) is 14.3 Å². The molecule has 1 aliphatic carbocycles. The largest absolute Gasteiger partial charge is 0.380 e. The number of ether oxygens (including phenoxy) is 1. The van der Waals surface area contributed by atoms with Crippen LogP contribution in [0.2, 0.25) is 0 Å². The molecule has 0 radical (unpaired) electrons. The van der Waals surface area contributed by atoms with E-state index in [0.717, 1.165) is 32.1 Å². The highest BCUT2D eigenvalue weighted by molar-refractivity contribution is 6.00. The highest BCUT2D eigenvalue weighted by Crippen LogP contribution is 2.38. The summed E-state index contributed by atoms with van der Waals surface area (Å²) in [4.78, 5) is 26.9. The van der Waals surface area contributed by atoms with E-state index >= 15 is 0 Å². The fraction of sp³-hybridized carbons (Fsp3) is 0.867. The lowest BCUT2D eigenvalue weighted by Crippen LogP contribution is -2.70. The van der Waals surface area contributed by atoms with Crippen molar-refractivity contribution in [2.24, 2.45) is 0 Å². The molecule has 0 aromatic rings. The van der Waals surface area contributed by atoms with E-state index < -0.39 is 5.54 Å². The van der Waals surface area contributed by atoms with E-state index in [2.05, 4.69) is 12.2 Å². The summed E-state index contributed by atoms with van der Waals surface area (Å²) < 4.78 is 5.52. The van der Waals surface area contributed by atoms with Gasteiger partial charge in [-0.25, -0.2) is 0 Å². The molecule has 1 saturated heterocycles. The van der Waals surface area contributed by atoms with Gasteiger partial charge in [0.05, 0.1) is 6.61 Å². The molecule has 20 heavy (non-hydrogen) atoms. The van der Waals surface area contributed by atoms with Crippen molar-refractivity contribution < 1.29 is 14.3 Å². The number of carbonyl (C=O) groups excluding carboxylic acids is 2. The number of carbonyl (C=O) groups is 2. The Hall–Kier alpha value is -1.10. The van der Waals surface area contributed by atoms with Gasteiger partial charge in [0.15, 0.2) is 0 Å². The Balaban J connectivity index is 2.11. The summed E-state index contributed by atoms with van der Waals surface area (Å²) in [6.07, 6.45) is 5.22. The molecular weight excluding hydrogens is 256 g/mol. The molecule has 2 fully saturated rings. The van der Waals surface area contributed by atoms with Gasteiger partial charge in [0, 0.05) is 13.2 Å². The number of hydrogen-bond donors (Lipinski definition) is 1. The van der Waals surface area contributed by atoms with Crippen molar-refractivity contribution in [3.8, 4) is 0 Å². The molecule has 0 bridgehead atoms. The van der Waals surface area contributed by atoms with Crippen molar-refractivity contribution in [2.45, 2.75) is 64.0 Å². The van der Waals surface area contributed by atoms with E-state index in [1.165, 1.54) is 0 Å². The zero-order valence-electron chi connectivity index (χ0n) is 12.6. The highest BCUT2D eigenvalue weighted by Gasteiger charge is 2.53. The lowest BCUT2D eigenvalue weighted by atomic mass is 9.89. The van der Waals surface area contributed by atoms with Crippen LogP contribution in [0.25, 0.3) is 0 Å². The molecule has 5 heteroatoms. The number of amides is 2. The van der Waals surface area contributed by atoms with E-state index in [-0.39, 0.29) is 17.9 Å². The van der Waals surface area contributed by atoms with Crippen LogP contribution in [0.4, 0.5) is 0 Å².